The Hall–Kier alpha value is -1.67. The number of hydrogen-bond donors (Lipinski definition) is 1. The molecule has 0 atom stereocenters. The van der Waals surface area contributed by atoms with E-state index in [1.807, 2.05) is 6.92 Å². The first-order chi connectivity index (χ1) is 8.84. The van der Waals surface area contributed by atoms with Gasteiger partial charge in [0.25, 0.3) is 5.69 Å². The van der Waals surface area contributed by atoms with Gasteiger partial charge in [-0.3, -0.25) is 10.1 Å². The Morgan fingerprint density at radius 2 is 2.00 bits per heavy atom. The van der Waals surface area contributed by atoms with E-state index < -0.39 is 14.9 Å². The van der Waals surface area contributed by atoms with Gasteiger partial charge in [0.1, 0.15) is 4.90 Å². The molecule has 106 valence electrons. The van der Waals surface area contributed by atoms with E-state index in [0.29, 0.717) is 19.5 Å². The van der Waals surface area contributed by atoms with Crippen LogP contribution in [0.2, 0.25) is 0 Å². The molecule has 0 aliphatic rings. The van der Waals surface area contributed by atoms with Crippen molar-refractivity contribution in [1.82, 2.24) is 4.31 Å². The number of nitro groups is 1. The summed E-state index contributed by atoms with van der Waals surface area (Å²) in [7, 11) is -3.70. The third kappa shape index (κ3) is 3.21. The molecular weight excluding hydrogens is 270 g/mol. The Morgan fingerprint density at radius 1 is 1.37 bits per heavy atom. The number of rotatable bonds is 6. The van der Waals surface area contributed by atoms with Crippen LogP contribution in [-0.2, 0) is 10.0 Å². The van der Waals surface area contributed by atoms with E-state index in [9.17, 15) is 18.5 Å². The fourth-order valence-electron chi connectivity index (χ4n) is 1.72. The summed E-state index contributed by atoms with van der Waals surface area (Å²) in [6, 6.07) is 3.39. The molecule has 0 spiro atoms. The van der Waals surface area contributed by atoms with Crippen molar-refractivity contribution in [3.63, 3.8) is 0 Å². The van der Waals surface area contributed by atoms with Crippen molar-refractivity contribution in [3.05, 3.63) is 28.3 Å². The molecular formula is C11H17N3O4S. The number of hydrogen-bond acceptors (Lipinski definition) is 5. The maximum absolute atomic E-state index is 12.3. The highest BCUT2D eigenvalue weighted by Crippen LogP contribution is 2.26. The number of nitrogen functional groups attached to an aromatic ring is 1. The average molecular weight is 287 g/mol. The molecule has 7 nitrogen and oxygen atoms in total. The predicted molar refractivity (Wildman–Crippen MR) is 72.2 cm³/mol. The minimum Gasteiger partial charge on any atom is -0.397 e. The number of nitrogens with zero attached hydrogens (tertiary/aromatic N) is 2. The standard InChI is InChI=1S/C11H17N3O4S/c1-3-7-13(4-2)19(17,18)11-6-5-9(14(15)16)8-10(11)12/h5-6,8H,3-4,7,12H2,1-2H3. The highest BCUT2D eigenvalue weighted by atomic mass is 32.2. The summed E-state index contributed by atoms with van der Waals surface area (Å²) >= 11 is 0. The number of benzene rings is 1. The molecule has 0 radical (unpaired) electrons. The minimum atomic E-state index is -3.70. The third-order valence-electron chi connectivity index (χ3n) is 2.65. The van der Waals surface area contributed by atoms with Crippen LogP contribution in [0.25, 0.3) is 0 Å². The topological polar surface area (TPSA) is 107 Å². The molecule has 0 saturated carbocycles. The largest absolute Gasteiger partial charge is 0.397 e. The maximum atomic E-state index is 12.3. The van der Waals surface area contributed by atoms with Gasteiger partial charge in [-0.05, 0) is 12.5 Å². The van der Waals surface area contributed by atoms with Crippen LogP contribution in [0.4, 0.5) is 11.4 Å². The Labute approximate surface area is 112 Å². The monoisotopic (exact) mass is 287 g/mol. The molecule has 0 bridgehead atoms. The number of nitrogens with two attached hydrogens (primary N) is 1. The van der Waals surface area contributed by atoms with Crippen molar-refractivity contribution >= 4 is 21.4 Å². The highest BCUT2D eigenvalue weighted by molar-refractivity contribution is 7.89. The molecule has 0 aliphatic carbocycles. The van der Waals surface area contributed by atoms with Crippen LogP contribution in [0.5, 0.6) is 0 Å². The van der Waals surface area contributed by atoms with Gasteiger partial charge in [-0.1, -0.05) is 13.8 Å². The normalized spacial score (nSPS) is 11.7. The molecule has 1 rings (SSSR count). The van der Waals surface area contributed by atoms with E-state index in [0.717, 1.165) is 12.1 Å². The smallest absolute Gasteiger partial charge is 0.271 e. The van der Waals surface area contributed by atoms with Gasteiger partial charge in [0.2, 0.25) is 10.0 Å². The molecule has 1 aromatic carbocycles. The molecule has 0 amide bonds. The molecule has 8 heteroatoms. The first kappa shape index (κ1) is 15.4. The summed E-state index contributed by atoms with van der Waals surface area (Å²) in [5.74, 6) is 0. The first-order valence-corrected chi connectivity index (χ1v) is 7.32. The summed E-state index contributed by atoms with van der Waals surface area (Å²) in [5.41, 5.74) is 5.29. The van der Waals surface area contributed by atoms with Gasteiger partial charge in [-0.2, -0.15) is 4.31 Å². The van der Waals surface area contributed by atoms with E-state index in [1.54, 1.807) is 6.92 Å². The summed E-state index contributed by atoms with van der Waals surface area (Å²) in [5, 5.41) is 10.6. The van der Waals surface area contributed by atoms with Crippen LogP contribution in [-0.4, -0.2) is 30.7 Å². The van der Waals surface area contributed by atoms with Crippen molar-refractivity contribution < 1.29 is 13.3 Å². The number of nitro benzene ring substituents is 1. The fraction of sp³-hybridized carbons (Fsp3) is 0.455. The summed E-state index contributed by atoms with van der Waals surface area (Å²) in [4.78, 5) is 9.89. The zero-order valence-corrected chi connectivity index (χ0v) is 11.7. The highest BCUT2D eigenvalue weighted by Gasteiger charge is 2.25. The van der Waals surface area contributed by atoms with Crippen LogP contribution >= 0.6 is 0 Å². The van der Waals surface area contributed by atoms with Crippen molar-refractivity contribution in [1.29, 1.82) is 0 Å². The lowest BCUT2D eigenvalue weighted by atomic mass is 10.3. The lowest BCUT2D eigenvalue weighted by Gasteiger charge is -2.20. The number of non-ortho nitro benzene ring substituents is 1. The summed E-state index contributed by atoms with van der Waals surface area (Å²) < 4.78 is 26.0. The minimum absolute atomic E-state index is 0.0894. The Bertz CT molecular complexity index is 571. The Morgan fingerprint density at radius 3 is 2.42 bits per heavy atom. The van der Waals surface area contributed by atoms with Crippen LogP contribution in [0.1, 0.15) is 20.3 Å². The van der Waals surface area contributed by atoms with Crippen molar-refractivity contribution in [2.75, 3.05) is 18.8 Å². The van der Waals surface area contributed by atoms with Gasteiger partial charge >= 0.3 is 0 Å². The van der Waals surface area contributed by atoms with Crippen molar-refractivity contribution in [2.24, 2.45) is 0 Å². The van der Waals surface area contributed by atoms with Crippen LogP contribution in [0.15, 0.2) is 23.1 Å². The predicted octanol–water partition coefficient (Wildman–Crippen LogP) is 1.60. The number of sulfonamides is 1. The van der Waals surface area contributed by atoms with Gasteiger partial charge in [0.15, 0.2) is 0 Å². The van der Waals surface area contributed by atoms with E-state index >= 15 is 0 Å². The zero-order chi connectivity index (χ0) is 14.6. The molecule has 0 aromatic heterocycles. The van der Waals surface area contributed by atoms with Crippen LogP contribution in [0, 0.1) is 10.1 Å². The number of anilines is 1. The average Bonchev–Trinajstić information content (AvgIpc) is 2.35. The second-order valence-electron chi connectivity index (χ2n) is 3.98. The lowest BCUT2D eigenvalue weighted by molar-refractivity contribution is -0.384. The quantitative estimate of drug-likeness (QED) is 0.486. The maximum Gasteiger partial charge on any atom is 0.271 e. The molecule has 0 saturated heterocycles. The second-order valence-corrected chi connectivity index (χ2v) is 5.88. The van der Waals surface area contributed by atoms with Crippen LogP contribution < -0.4 is 5.73 Å². The van der Waals surface area contributed by atoms with Gasteiger partial charge in [0, 0.05) is 25.2 Å². The van der Waals surface area contributed by atoms with Gasteiger partial charge in [-0.25, -0.2) is 8.42 Å². The molecule has 2 N–H and O–H groups in total. The molecule has 0 aliphatic heterocycles. The molecule has 0 heterocycles. The second kappa shape index (κ2) is 5.98. The lowest BCUT2D eigenvalue weighted by Crippen LogP contribution is -2.32. The van der Waals surface area contributed by atoms with Gasteiger partial charge in [-0.15, -0.1) is 0 Å². The van der Waals surface area contributed by atoms with E-state index in [2.05, 4.69) is 0 Å². The zero-order valence-electron chi connectivity index (χ0n) is 10.9. The molecule has 0 unspecified atom stereocenters. The summed E-state index contributed by atoms with van der Waals surface area (Å²) in [6.07, 6.45) is 0.681. The molecule has 19 heavy (non-hydrogen) atoms. The van der Waals surface area contributed by atoms with E-state index in [1.165, 1.54) is 10.4 Å². The first-order valence-electron chi connectivity index (χ1n) is 5.88. The third-order valence-corrected chi connectivity index (χ3v) is 4.70. The SMILES string of the molecule is CCCN(CC)S(=O)(=O)c1ccc([N+](=O)[O-])cc1N. The van der Waals surface area contributed by atoms with Gasteiger partial charge < -0.3 is 5.73 Å². The van der Waals surface area contributed by atoms with Gasteiger partial charge in [0.05, 0.1) is 10.6 Å². The Balaban J connectivity index is 3.25. The molecule has 1 aromatic rings. The van der Waals surface area contributed by atoms with Crippen LogP contribution in [0.3, 0.4) is 0 Å². The summed E-state index contributed by atoms with van der Waals surface area (Å²) in [6.45, 7) is 4.31. The van der Waals surface area contributed by atoms with E-state index in [-0.39, 0.29) is 16.3 Å². The van der Waals surface area contributed by atoms with Crippen molar-refractivity contribution in [2.45, 2.75) is 25.2 Å². The van der Waals surface area contributed by atoms with Crippen molar-refractivity contribution in [3.8, 4) is 0 Å². The Kier molecular flexibility index (Phi) is 4.84. The molecule has 0 fully saturated rings. The van der Waals surface area contributed by atoms with E-state index in [4.69, 9.17) is 5.73 Å². The fourth-order valence-corrected chi connectivity index (χ4v) is 3.36.